The molecule has 0 radical (unpaired) electrons. The van der Waals surface area contributed by atoms with Gasteiger partial charge in [0.1, 0.15) is 0 Å². The van der Waals surface area contributed by atoms with Crippen LogP contribution < -0.4 is 5.73 Å². The molecule has 0 bridgehead atoms. The maximum atomic E-state index is 5.95. The molecule has 0 aromatic carbocycles. The summed E-state index contributed by atoms with van der Waals surface area (Å²) in [6.07, 6.45) is 1.10. The van der Waals surface area contributed by atoms with Crippen LogP contribution in [0.15, 0.2) is 16.4 Å². The number of nitrogens with two attached hydrogens (primary N) is 1. The van der Waals surface area contributed by atoms with Crippen molar-refractivity contribution in [1.82, 2.24) is 4.90 Å². The summed E-state index contributed by atoms with van der Waals surface area (Å²) in [4.78, 5) is 8.05. The Labute approximate surface area is 94.6 Å². The summed E-state index contributed by atoms with van der Waals surface area (Å²) >= 11 is 1.85. The normalized spacial score (nSPS) is 17.0. The van der Waals surface area contributed by atoms with Crippen LogP contribution in [0.4, 0.5) is 0 Å². The lowest BCUT2D eigenvalue weighted by Crippen LogP contribution is -2.40. The van der Waals surface area contributed by atoms with Gasteiger partial charge in [0, 0.05) is 24.0 Å². The van der Waals surface area contributed by atoms with E-state index in [1.165, 1.54) is 10.4 Å². The SMILES string of the molecule is CC(C)N=C(N)N1CCc2sccc2C1. The first kappa shape index (κ1) is 10.5. The third-order valence-electron chi connectivity index (χ3n) is 2.52. The molecule has 0 aliphatic carbocycles. The van der Waals surface area contributed by atoms with Crippen LogP contribution in [0.3, 0.4) is 0 Å². The van der Waals surface area contributed by atoms with E-state index in [0.29, 0.717) is 5.96 Å². The Hall–Kier alpha value is -1.03. The minimum Gasteiger partial charge on any atom is -0.370 e. The number of fused-ring (bicyclic) bond motifs is 1. The van der Waals surface area contributed by atoms with Crippen LogP contribution in [-0.2, 0) is 13.0 Å². The van der Waals surface area contributed by atoms with E-state index in [9.17, 15) is 0 Å². The second kappa shape index (κ2) is 4.23. The molecule has 1 aliphatic rings. The Morgan fingerprint density at radius 2 is 2.40 bits per heavy atom. The zero-order valence-electron chi connectivity index (χ0n) is 9.23. The van der Waals surface area contributed by atoms with E-state index in [1.54, 1.807) is 0 Å². The first-order valence-electron chi connectivity index (χ1n) is 5.30. The number of rotatable bonds is 1. The van der Waals surface area contributed by atoms with E-state index in [-0.39, 0.29) is 6.04 Å². The van der Waals surface area contributed by atoms with Crippen molar-refractivity contribution in [3.05, 3.63) is 21.9 Å². The van der Waals surface area contributed by atoms with Gasteiger partial charge < -0.3 is 10.6 Å². The van der Waals surface area contributed by atoms with Crippen LogP contribution in [-0.4, -0.2) is 23.4 Å². The minimum absolute atomic E-state index is 0.272. The lowest BCUT2D eigenvalue weighted by Gasteiger charge is -2.28. The molecule has 1 aromatic heterocycles. The Balaban J connectivity index is 2.10. The van der Waals surface area contributed by atoms with Crippen molar-refractivity contribution in [3.8, 4) is 0 Å². The maximum absolute atomic E-state index is 5.95. The van der Waals surface area contributed by atoms with Gasteiger partial charge in [-0.05, 0) is 37.3 Å². The zero-order chi connectivity index (χ0) is 10.8. The molecule has 0 atom stereocenters. The molecule has 0 spiro atoms. The molecule has 0 unspecified atom stereocenters. The topological polar surface area (TPSA) is 41.6 Å². The van der Waals surface area contributed by atoms with Gasteiger partial charge in [-0.25, -0.2) is 0 Å². The second-order valence-corrected chi connectivity index (χ2v) is 5.12. The first-order valence-corrected chi connectivity index (χ1v) is 6.18. The number of nitrogens with zero attached hydrogens (tertiary/aromatic N) is 2. The van der Waals surface area contributed by atoms with Gasteiger partial charge in [0.05, 0.1) is 0 Å². The molecule has 4 heteroatoms. The highest BCUT2D eigenvalue weighted by Gasteiger charge is 2.18. The number of guanidine groups is 1. The third kappa shape index (κ3) is 2.31. The molecule has 2 rings (SSSR count). The summed E-state index contributed by atoms with van der Waals surface area (Å²) in [5.74, 6) is 0.682. The number of aliphatic imine (C=N–C) groups is 1. The van der Waals surface area contributed by atoms with Gasteiger partial charge >= 0.3 is 0 Å². The fourth-order valence-electron chi connectivity index (χ4n) is 1.79. The van der Waals surface area contributed by atoms with E-state index in [2.05, 4.69) is 21.3 Å². The predicted octanol–water partition coefficient (Wildman–Crippen LogP) is 1.83. The molecule has 2 heterocycles. The van der Waals surface area contributed by atoms with E-state index in [4.69, 9.17) is 5.73 Å². The molecule has 3 nitrogen and oxygen atoms in total. The fraction of sp³-hybridized carbons (Fsp3) is 0.545. The van der Waals surface area contributed by atoms with Gasteiger partial charge in [0.25, 0.3) is 0 Å². The Kier molecular flexibility index (Phi) is 2.95. The predicted molar refractivity (Wildman–Crippen MR) is 65.2 cm³/mol. The van der Waals surface area contributed by atoms with Crippen molar-refractivity contribution in [2.45, 2.75) is 32.9 Å². The highest BCUT2D eigenvalue weighted by atomic mass is 32.1. The summed E-state index contributed by atoms with van der Waals surface area (Å²) in [6.45, 7) is 6.01. The van der Waals surface area contributed by atoms with E-state index in [0.717, 1.165) is 19.5 Å². The van der Waals surface area contributed by atoms with E-state index in [1.807, 2.05) is 25.2 Å². The van der Waals surface area contributed by atoms with Crippen molar-refractivity contribution < 1.29 is 0 Å². The van der Waals surface area contributed by atoms with Gasteiger partial charge in [-0.3, -0.25) is 4.99 Å². The largest absolute Gasteiger partial charge is 0.370 e. The van der Waals surface area contributed by atoms with Crippen LogP contribution in [0.1, 0.15) is 24.3 Å². The van der Waals surface area contributed by atoms with Gasteiger partial charge in [0.15, 0.2) is 5.96 Å². The van der Waals surface area contributed by atoms with Gasteiger partial charge in [0.2, 0.25) is 0 Å². The number of hydrogen-bond acceptors (Lipinski definition) is 2. The van der Waals surface area contributed by atoms with Crippen molar-refractivity contribution in [2.24, 2.45) is 10.7 Å². The molecule has 0 fully saturated rings. The summed E-state index contributed by atoms with van der Waals surface area (Å²) in [5, 5.41) is 2.16. The summed E-state index contributed by atoms with van der Waals surface area (Å²) in [6, 6.07) is 2.46. The summed E-state index contributed by atoms with van der Waals surface area (Å²) < 4.78 is 0. The van der Waals surface area contributed by atoms with Gasteiger partial charge in [-0.15, -0.1) is 11.3 Å². The van der Waals surface area contributed by atoms with E-state index >= 15 is 0 Å². The first-order chi connectivity index (χ1) is 7.16. The van der Waals surface area contributed by atoms with Crippen molar-refractivity contribution in [1.29, 1.82) is 0 Å². The zero-order valence-corrected chi connectivity index (χ0v) is 10.0. The highest BCUT2D eigenvalue weighted by molar-refractivity contribution is 7.10. The Bertz CT molecular complexity index is 368. The molecule has 82 valence electrons. The molecule has 1 aromatic rings. The molecular formula is C11H17N3S. The highest BCUT2D eigenvalue weighted by Crippen LogP contribution is 2.23. The van der Waals surface area contributed by atoms with Gasteiger partial charge in [-0.2, -0.15) is 0 Å². The number of hydrogen-bond donors (Lipinski definition) is 1. The lowest BCUT2D eigenvalue weighted by atomic mass is 10.1. The summed E-state index contributed by atoms with van der Waals surface area (Å²) in [5.41, 5.74) is 7.36. The van der Waals surface area contributed by atoms with Crippen LogP contribution >= 0.6 is 11.3 Å². The average molecular weight is 223 g/mol. The van der Waals surface area contributed by atoms with Crippen LogP contribution in [0.2, 0.25) is 0 Å². The van der Waals surface area contributed by atoms with Crippen LogP contribution in [0, 0.1) is 0 Å². The van der Waals surface area contributed by atoms with Crippen molar-refractivity contribution >= 4 is 17.3 Å². The monoisotopic (exact) mass is 223 g/mol. The lowest BCUT2D eigenvalue weighted by molar-refractivity contribution is 0.390. The molecule has 2 N–H and O–H groups in total. The Morgan fingerprint density at radius 1 is 1.60 bits per heavy atom. The molecule has 0 saturated heterocycles. The molecule has 15 heavy (non-hydrogen) atoms. The molecule has 1 aliphatic heterocycles. The summed E-state index contributed by atoms with van der Waals surface area (Å²) in [7, 11) is 0. The quantitative estimate of drug-likeness (QED) is 0.583. The second-order valence-electron chi connectivity index (χ2n) is 4.12. The van der Waals surface area contributed by atoms with Crippen LogP contribution in [0.5, 0.6) is 0 Å². The average Bonchev–Trinajstić information content (AvgIpc) is 2.62. The molecular weight excluding hydrogens is 206 g/mol. The smallest absolute Gasteiger partial charge is 0.191 e. The standard InChI is InChI=1S/C11H17N3S/c1-8(2)13-11(12)14-5-3-10-9(7-14)4-6-15-10/h4,6,8H,3,5,7H2,1-2H3,(H2,12,13). The van der Waals surface area contributed by atoms with Crippen molar-refractivity contribution in [2.75, 3.05) is 6.54 Å². The van der Waals surface area contributed by atoms with Crippen molar-refractivity contribution in [3.63, 3.8) is 0 Å². The third-order valence-corrected chi connectivity index (χ3v) is 3.55. The van der Waals surface area contributed by atoms with Crippen LogP contribution in [0.25, 0.3) is 0 Å². The molecule has 0 amide bonds. The maximum Gasteiger partial charge on any atom is 0.191 e. The number of thiophene rings is 1. The van der Waals surface area contributed by atoms with E-state index < -0.39 is 0 Å². The molecule has 0 saturated carbocycles. The van der Waals surface area contributed by atoms with Gasteiger partial charge in [-0.1, -0.05) is 0 Å². The fourth-order valence-corrected chi connectivity index (χ4v) is 2.68. The Morgan fingerprint density at radius 3 is 3.13 bits per heavy atom. The minimum atomic E-state index is 0.272.